The summed E-state index contributed by atoms with van der Waals surface area (Å²) in [6, 6.07) is 0.224. The maximum atomic E-state index is 11.1. The van der Waals surface area contributed by atoms with E-state index in [0.717, 1.165) is 5.57 Å². The van der Waals surface area contributed by atoms with E-state index in [1.165, 1.54) is 6.26 Å². The number of ether oxygens (including phenoxy) is 1. The van der Waals surface area contributed by atoms with Crippen LogP contribution < -0.4 is 5.32 Å². The summed E-state index contributed by atoms with van der Waals surface area (Å²) in [5.74, 6) is 0. The van der Waals surface area contributed by atoms with Crippen LogP contribution in [0.5, 0.6) is 0 Å². The molecule has 0 saturated heterocycles. The van der Waals surface area contributed by atoms with Gasteiger partial charge in [0.05, 0.1) is 6.26 Å². The highest BCUT2D eigenvalue weighted by molar-refractivity contribution is 5.67. The Hall–Kier alpha value is -1.55. The summed E-state index contributed by atoms with van der Waals surface area (Å²) in [6.07, 6.45) is 6.31. The molecule has 0 fully saturated rings. The second-order valence-corrected chi connectivity index (χ2v) is 3.78. The third-order valence-corrected chi connectivity index (χ3v) is 2.32. The number of nitrogens with one attached hydrogen (secondary N) is 1. The summed E-state index contributed by atoms with van der Waals surface area (Å²) in [5.41, 5.74) is 1.02. The Labute approximate surface area is 104 Å². The van der Waals surface area contributed by atoms with Gasteiger partial charge < -0.3 is 15.0 Å². The van der Waals surface area contributed by atoms with Gasteiger partial charge in [0.2, 0.25) is 0 Å². The minimum Gasteiger partial charge on any atom is -0.418 e. The molecule has 17 heavy (non-hydrogen) atoms. The number of allylic oxidation sites excluding steroid dienone is 2. The smallest absolute Gasteiger partial charge is 0.411 e. The van der Waals surface area contributed by atoms with E-state index in [1.54, 1.807) is 12.2 Å². The average molecular weight is 238 g/mol. The summed E-state index contributed by atoms with van der Waals surface area (Å²) in [4.78, 5) is 13.1. The molecule has 0 aliphatic rings. The SMILES string of the molecule is C=C/C=C(\C=C\OC(=O)NCC)[C@H](C)N(C)C. The Kier molecular flexibility index (Phi) is 7.80. The molecule has 4 nitrogen and oxygen atoms in total. The van der Waals surface area contributed by atoms with Gasteiger partial charge in [0, 0.05) is 12.6 Å². The Morgan fingerprint density at radius 3 is 2.65 bits per heavy atom. The lowest BCUT2D eigenvalue weighted by Gasteiger charge is -2.20. The lowest BCUT2D eigenvalue weighted by atomic mass is 10.1. The van der Waals surface area contributed by atoms with Crippen LogP contribution in [0.15, 0.2) is 36.6 Å². The van der Waals surface area contributed by atoms with Gasteiger partial charge in [-0.05, 0) is 39.6 Å². The Morgan fingerprint density at radius 1 is 1.53 bits per heavy atom. The van der Waals surface area contributed by atoms with Crippen LogP contribution in [0.1, 0.15) is 13.8 Å². The van der Waals surface area contributed by atoms with Gasteiger partial charge in [-0.25, -0.2) is 4.79 Å². The Morgan fingerprint density at radius 2 is 2.18 bits per heavy atom. The number of carbonyl (C=O) groups excluding carboxylic acids is 1. The lowest BCUT2D eigenvalue weighted by Crippen LogP contribution is -2.26. The standard InChI is InChI=1S/C13H22N2O2/c1-6-8-12(11(3)15(4)5)9-10-17-13(16)14-7-2/h6,8-11H,1,7H2,2-5H3,(H,14,16)/b10-9+,12-8+/t11-/m0/s1. The molecule has 0 aliphatic carbocycles. The van der Waals surface area contributed by atoms with Gasteiger partial charge in [0.25, 0.3) is 0 Å². The maximum absolute atomic E-state index is 11.1. The molecular formula is C13H22N2O2. The Balaban J connectivity index is 4.46. The first-order chi connectivity index (χ1) is 8.02. The van der Waals surface area contributed by atoms with Gasteiger partial charge in [0.1, 0.15) is 0 Å². The van der Waals surface area contributed by atoms with E-state index in [-0.39, 0.29) is 6.04 Å². The van der Waals surface area contributed by atoms with Crippen molar-refractivity contribution < 1.29 is 9.53 Å². The molecule has 0 rings (SSSR count). The zero-order valence-corrected chi connectivity index (χ0v) is 11.1. The number of nitrogens with zero attached hydrogens (tertiary/aromatic N) is 1. The molecule has 0 aromatic rings. The van der Waals surface area contributed by atoms with Crippen molar-refractivity contribution in [3.8, 4) is 0 Å². The minimum atomic E-state index is -0.445. The molecule has 0 aromatic carbocycles. The van der Waals surface area contributed by atoms with E-state index < -0.39 is 6.09 Å². The molecule has 0 unspecified atom stereocenters. The number of hydrogen-bond acceptors (Lipinski definition) is 3. The van der Waals surface area contributed by atoms with Gasteiger partial charge >= 0.3 is 6.09 Å². The molecule has 0 heterocycles. The van der Waals surface area contributed by atoms with Gasteiger partial charge in [-0.1, -0.05) is 18.7 Å². The van der Waals surface area contributed by atoms with Crippen LogP contribution in [0.3, 0.4) is 0 Å². The topological polar surface area (TPSA) is 41.6 Å². The maximum Gasteiger partial charge on any atom is 0.411 e. The number of alkyl carbamates (subject to hydrolysis) is 1. The van der Waals surface area contributed by atoms with Crippen molar-refractivity contribution in [3.05, 3.63) is 36.6 Å². The number of rotatable bonds is 6. The summed E-state index contributed by atoms with van der Waals surface area (Å²) in [5, 5.41) is 2.54. The molecule has 0 bridgehead atoms. The van der Waals surface area contributed by atoms with Crippen molar-refractivity contribution in [2.45, 2.75) is 19.9 Å². The van der Waals surface area contributed by atoms with Crippen molar-refractivity contribution in [1.29, 1.82) is 0 Å². The highest BCUT2D eigenvalue weighted by atomic mass is 16.5. The highest BCUT2D eigenvalue weighted by Crippen LogP contribution is 2.09. The molecule has 0 aliphatic heterocycles. The van der Waals surface area contributed by atoms with E-state index in [9.17, 15) is 4.79 Å². The second kappa shape index (κ2) is 8.58. The molecule has 4 heteroatoms. The van der Waals surface area contributed by atoms with Crippen LogP contribution in [0.4, 0.5) is 4.79 Å². The summed E-state index contributed by atoms with van der Waals surface area (Å²) < 4.78 is 4.86. The molecule has 0 aromatic heterocycles. The van der Waals surface area contributed by atoms with E-state index in [2.05, 4.69) is 23.7 Å². The van der Waals surface area contributed by atoms with Crippen molar-refractivity contribution in [2.24, 2.45) is 0 Å². The van der Waals surface area contributed by atoms with Crippen LogP contribution in [-0.4, -0.2) is 37.7 Å². The van der Waals surface area contributed by atoms with Crippen LogP contribution in [0.2, 0.25) is 0 Å². The fourth-order valence-electron chi connectivity index (χ4n) is 1.13. The monoisotopic (exact) mass is 238 g/mol. The lowest BCUT2D eigenvalue weighted by molar-refractivity contribution is 0.186. The van der Waals surface area contributed by atoms with Crippen molar-refractivity contribution in [3.63, 3.8) is 0 Å². The first-order valence-electron chi connectivity index (χ1n) is 5.63. The van der Waals surface area contributed by atoms with Gasteiger partial charge in [-0.3, -0.25) is 0 Å². The van der Waals surface area contributed by atoms with Gasteiger partial charge in [0.15, 0.2) is 0 Å². The number of likely N-dealkylation sites (N-methyl/N-ethyl adjacent to an activating group) is 1. The number of carbonyl (C=O) groups is 1. The zero-order chi connectivity index (χ0) is 13.3. The third-order valence-electron chi connectivity index (χ3n) is 2.32. The van der Waals surface area contributed by atoms with Gasteiger partial charge in [-0.15, -0.1) is 0 Å². The molecule has 0 saturated carbocycles. The largest absolute Gasteiger partial charge is 0.418 e. The van der Waals surface area contributed by atoms with E-state index in [0.29, 0.717) is 6.54 Å². The van der Waals surface area contributed by atoms with Crippen LogP contribution in [0, 0.1) is 0 Å². The van der Waals surface area contributed by atoms with E-state index in [1.807, 2.05) is 27.1 Å². The van der Waals surface area contributed by atoms with E-state index in [4.69, 9.17) is 4.74 Å². The van der Waals surface area contributed by atoms with Crippen molar-refractivity contribution >= 4 is 6.09 Å². The minimum absolute atomic E-state index is 0.224. The fourth-order valence-corrected chi connectivity index (χ4v) is 1.13. The third kappa shape index (κ3) is 6.58. The summed E-state index contributed by atoms with van der Waals surface area (Å²) in [6.45, 7) is 8.11. The molecule has 0 radical (unpaired) electrons. The second-order valence-electron chi connectivity index (χ2n) is 3.78. The highest BCUT2D eigenvalue weighted by Gasteiger charge is 2.07. The van der Waals surface area contributed by atoms with Crippen LogP contribution >= 0.6 is 0 Å². The normalized spacial score (nSPS) is 13.8. The quantitative estimate of drug-likeness (QED) is 0.570. The summed E-state index contributed by atoms with van der Waals surface area (Å²) >= 11 is 0. The average Bonchev–Trinajstić information content (AvgIpc) is 2.27. The molecule has 1 amide bonds. The fraction of sp³-hybridized carbons (Fsp3) is 0.462. The predicted octanol–water partition coefficient (Wildman–Crippen LogP) is 2.31. The number of amides is 1. The number of hydrogen-bond donors (Lipinski definition) is 1. The van der Waals surface area contributed by atoms with Crippen LogP contribution in [0.25, 0.3) is 0 Å². The van der Waals surface area contributed by atoms with Crippen molar-refractivity contribution in [2.75, 3.05) is 20.6 Å². The first kappa shape index (κ1) is 15.4. The zero-order valence-electron chi connectivity index (χ0n) is 11.1. The molecule has 0 spiro atoms. The molecule has 1 atom stereocenters. The Bertz CT molecular complexity index is 307. The molecular weight excluding hydrogens is 216 g/mol. The van der Waals surface area contributed by atoms with Crippen molar-refractivity contribution in [1.82, 2.24) is 10.2 Å². The van der Waals surface area contributed by atoms with Crippen LogP contribution in [-0.2, 0) is 4.74 Å². The van der Waals surface area contributed by atoms with E-state index >= 15 is 0 Å². The summed E-state index contributed by atoms with van der Waals surface area (Å²) in [7, 11) is 3.97. The first-order valence-corrected chi connectivity index (χ1v) is 5.63. The molecule has 96 valence electrons. The van der Waals surface area contributed by atoms with Gasteiger partial charge in [-0.2, -0.15) is 0 Å². The molecule has 1 N–H and O–H groups in total. The predicted molar refractivity (Wildman–Crippen MR) is 70.7 cm³/mol.